The van der Waals surface area contributed by atoms with E-state index in [9.17, 15) is 9.90 Å². The van der Waals surface area contributed by atoms with Crippen molar-refractivity contribution >= 4 is 6.09 Å². The normalized spacial score (nSPS) is 13.3. The van der Waals surface area contributed by atoms with Crippen LogP contribution in [0, 0.1) is 5.92 Å². The molecule has 1 N–H and O–H groups in total. The van der Waals surface area contributed by atoms with E-state index in [0.29, 0.717) is 12.5 Å². The summed E-state index contributed by atoms with van der Waals surface area (Å²) in [6.07, 6.45) is 4.49. The van der Waals surface area contributed by atoms with Gasteiger partial charge < -0.3 is 10.0 Å². The molecule has 1 rings (SSSR count). The molecule has 0 saturated carbocycles. The zero-order valence-electron chi connectivity index (χ0n) is 14.2. The Bertz CT molecular complexity index is 477. The van der Waals surface area contributed by atoms with Crippen LogP contribution in [-0.2, 0) is 0 Å². The molecule has 122 valence electrons. The van der Waals surface area contributed by atoms with Crippen LogP contribution >= 0.6 is 0 Å². The molecule has 1 aromatic rings. The number of hydrogen-bond acceptors (Lipinski definition) is 1. The maximum atomic E-state index is 11.5. The van der Waals surface area contributed by atoms with Crippen molar-refractivity contribution in [1.29, 1.82) is 0 Å². The molecule has 0 aromatic heterocycles. The maximum Gasteiger partial charge on any atom is 0.407 e. The average Bonchev–Trinajstić information content (AvgIpc) is 2.47. The van der Waals surface area contributed by atoms with Crippen molar-refractivity contribution in [3.63, 3.8) is 0 Å². The standard InChI is InChI=1S/C19H29NO2/c1-15(2)9-8-10-16(3)13-14-20(19(21)22)17(4)18-11-6-5-7-12-18/h5-7,9,11-12,16-17H,8,10,13-14H2,1-4H3,(H,21,22)/t16-,17-/m0/s1. The molecule has 0 saturated heterocycles. The minimum atomic E-state index is -0.840. The van der Waals surface area contributed by atoms with Gasteiger partial charge in [-0.2, -0.15) is 0 Å². The highest BCUT2D eigenvalue weighted by Crippen LogP contribution is 2.22. The predicted molar refractivity (Wildman–Crippen MR) is 92.0 cm³/mol. The van der Waals surface area contributed by atoms with E-state index in [1.54, 1.807) is 4.90 Å². The molecule has 0 aliphatic heterocycles. The maximum absolute atomic E-state index is 11.5. The van der Waals surface area contributed by atoms with Crippen LogP contribution in [0.5, 0.6) is 0 Å². The number of benzene rings is 1. The number of hydrogen-bond donors (Lipinski definition) is 1. The van der Waals surface area contributed by atoms with E-state index in [4.69, 9.17) is 0 Å². The van der Waals surface area contributed by atoms with Crippen molar-refractivity contribution in [3.05, 3.63) is 47.5 Å². The van der Waals surface area contributed by atoms with Gasteiger partial charge in [0.1, 0.15) is 0 Å². The summed E-state index contributed by atoms with van der Waals surface area (Å²) in [5.74, 6) is 0.528. The van der Waals surface area contributed by atoms with Gasteiger partial charge in [-0.15, -0.1) is 0 Å². The van der Waals surface area contributed by atoms with Crippen molar-refractivity contribution in [3.8, 4) is 0 Å². The lowest BCUT2D eigenvalue weighted by molar-refractivity contribution is 0.124. The van der Waals surface area contributed by atoms with Gasteiger partial charge in [0.2, 0.25) is 0 Å². The number of amides is 1. The molecular weight excluding hydrogens is 274 g/mol. The smallest absolute Gasteiger partial charge is 0.407 e. The van der Waals surface area contributed by atoms with E-state index in [1.165, 1.54) is 5.57 Å². The molecule has 3 nitrogen and oxygen atoms in total. The van der Waals surface area contributed by atoms with Crippen LogP contribution in [0.4, 0.5) is 4.79 Å². The first-order valence-corrected chi connectivity index (χ1v) is 8.09. The second kappa shape index (κ2) is 9.29. The van der Waals surface area contributed by atoms with Crippen LogP contribution in [-0.4, -0.2) is 22.6 Å². The summed E-state index contributed by atoms with van der Waals surface area (Å²) in [7, 11) is 0. The van der Waals surface area contributed by atoms with Gasteiger partial charge in [0.05, 0.1) is 6.04 Å². The Morgan fingerprint density at radius 2 is 1.82 bits per heavy atom. The first-order valence-electron chi connectivity index (χ1n) is 8.09. The largest absolute Gasteiger partial charge is 0.465 e. The van der Waals surface area contributed by atoms with E-state index in [-0.39, 0.29) is 6.04 Å². The van der Waals surface area contributed by atoms with Gasteiger partial charge in [-0.25, -0.2) is 4.79 Å². The van der Waals surface area contributed by atoms with Crippen molar-refractivity contribution in [2.75, 3.05) is 6.54 Å². The van der Waals surface area contributed by atoms with Gasteiger partial charge in [-0.05, 0) is 51.5 Å². The molecule has 0 spiro atoms. The van der Waals surface area contributed by atoms with Gasteiger partial charge in [0.15, 0.2) is 0 Å². The highest BCUT2D eigenvalue weighted by atomic mass is 16.4. The molecule has 0 bridgehead atoms. The minimum Gasteiger partial charge on any atom is -0.465 e. The topological polar surface area (TPSA) is 40.5 Å². The summed E-state index contributed by atoms with van der Waals surface area (Å²) in [4.78, 5) is 13.1. The molecule has 0 fully saturated rings. The van der Waals surface area contributed by atoms with Gasteiger partial charge in [-0.3, -0.25) is 0 Å². The van der Waals surface area contributed by atoms with Gasteiger partial charge >= 0.3 is 6.09 Å². The number of nitrogens with zero attached hydrogens (tertiary/aromatic N) is 1. The van der Waals surface area contributed by atoms with Crippen LogP contribution in [0.15, 0.2) is 42.0 Å². The summed E-state index contributed by atoms with van der Waals surface area (Å²) in [6, 6.07) is 9.72. The summed E-state index contributed by atoms with van der Waals surface area (Å²) in [5, 5.41) is 9.48. The van der Waals surface area contributed by atoms with Gasteiger partial charge in [-0.1, -0.05) is 48.9 Å². The molecule has 0 aliphatic carbocycles. The Hall–Kier alpha value is -1.77. The molecule has 2 atom stereocenters. The third kappa shape index (κ3) is 6.33. The highest BCUT2D eigenvalue weighted by molar-refractivity contribution is 5.65. The Kier molecular flexibility index (Phi) is 7.72. The van der Waals surface area contributed by atoms with Crippen LogP contribution in [0.1, 0.15) is 58.6 Å². The third-order valence-corrected chi connectivity index (χ3v) is 4.07. The molecule has 0 aliphatic rings. The SMILES string of the molecule is CC(C)=CCC[C@H](C)CCN(C(=O)O)[C@@H](C)c1ccccc1. The average molecular weight is 303 g/mol. The van der Waals surface area contributed by atoms with E-state index in [1.807, 2.05) is 37.3 Å². The zero-order valence-corrected chi connectivity index (χ0v) is 14.2. The van der Waals surface area contributed by atoms with Crippen molar-refractivity contribution in [2.45, 2.75) is 53.0 Å². The number of allylic oxidation sites excluding steroid dienone is 2. The molecule has 0 radical (unpaired) electrons. The molecule has 3 heteroatoms. The number of carbonyl (C=O) groups is 1. The summed E-state index contributed by atoms with van der Waals surface area (Å²) >= 11 is 0. The van der Waals surface area contributed by atoms with Crippen molar-refractivity contribution in [1.82, 2.24) is 4.90 Å². The van der Waals surface area contributed by atoms with Crippen molar-refractivity contribution < 1.29 is 9.90 Å². The number of rotatable bonds is 8. The fourth-order valence-electron chi connectivity index (χ4n) is 2.53. The lowest BCUT2D eigenvalue weighted by Gasteiger charge is -2.28. The Balaban J connectivity index is 2.54. The van der Waals surface area contributed by atoms with E-state index in [0.717, 1.165) is 24.8 Å². The van der Waals surface area contributed by atoms with Crippen LogP contribution in [0.25, 0.3) is 0 Å². The second-order valence-corrected chi connectivity index (χ2v) is 6.32. The van der Waals surface area contributed by atoms with Crippen LogP contribution in [0.3, 0.4) is 0 Å². The summed E-state index contributed by atoms with van der Waals surface area (Å²) < 4.78 is 0. The van der Waals surface area contributed by atoms with Crippen LogP contribution < -0.4 is 0 Å². The third-order valence-electron chi connectivity index (χ3n) is 4.07. The summed E-state index contributed by atoms with van der Waals surface area (Å²) in [6.45, 7) is 8.96. The van der Waals surface area contributed by atoms with E-state index in [2.05, 4.69) is 26.8 Å². The fourth-order valence-corrected chi connectivity index (χ4v) is 2.53. The van der Waals surface area contributed by atoms with E-state index >= 15 is 0 Å². The highest BCUT2D eigenvalue weighted by Gasteiger charge is 2.20. The summed E-state index contributed by atoms with van der Waals surface area (Å²) in [5.41, 5.74) is 2.39. The Morgan fingerprint density at radius 3 is 2.36 bits per heavy atom. The number of carboxylic acid groups (broad SMARTS) is 1. The second-order valence-electron chi connectivity index (χ2n) is 6.32. The monoisotopic (exact) mass is 303 g/mol. The van der Waals surface area contributed by atoms with Gasteiger partial charge in [0, 0.05) is 6.54 Å². The lowest BCUT2D eigenvalue weighted by atomic mass is 9.99. The minimum absolute atomic E-state index is 0.108. The molecule has 0 heterocycles. The van der Waals surface area contributed by atoms with Gasteiger partial charge in [0.25, 0.3) is 0 Å². The predicted octanol–water partition coefficient (Wildman–Crippen LogP) is 5.50. The van der Waals surface area contributed by atoms with Crippen LogP contribution in [0.2, 0.25) is 0 Å². The molecule has 1 amide bonds. The fraction of sp³-hybridized carbons (Fsp3) is 0.526. The molecular formula is C19H29NO2. The quantitative estimate of drug-likeness (QED) is 0.644. The lowest BCUT2D eigenvalue weighted by Crippen LogP contribution is -2.33. The molecule has 22 heavy (non-hydrogen) atoms. The molecule has 1 aromatic carbocycles. The zero-order chi connectivity index (χ0) is 16.5. The Labute approximate surface area is 134 Å². The Morgan fingerprint density at radius 1 is 1.18 bits per heavy atom. The molecule has 0 unspecified atom stereocenters. The van der Waals surface area contributed by atoms with Crippen molar-refractivity contribution in [2.24, 2.45) is 5.92 Å². The first-order chi connectivity index (χ1) is 10.4. The first kappa shape index (κ1) is 18.3. The van der Waals surface area contributed by atoms with E-state index < -0.39 is 6.09 Å².